The molecule has 1 heterocycles. The maximum Gasteiger partial charge on any atom is 0.0411 e. The van der Waals surface area contributed by atoms with Crippen molar-refractivity contribution in [3.05, 3.63) is 64.7 Å². The van der Waals surface area contributed by atoms with Gasteiger partial charge in [-0.25, -0.2) is 0 Å². The maximum atomic E-state index is 3.69. The number of benzene rings is 2. The van der Waals surface area contributed by atoms with Gasteiger partial charge in [-0.05, 0) is 40.7 Å². The van der Waals surface area contributed by atoms with Crippen LogP contribution in [0.15, 0.2) is 42.5 Å². The van der Waals surface area contributed by atoms with E-state index in [0.29, 0.717) is 17.9 Å². The van der Waals surface area contributed by atoms with Crippen molar-refractivity contribution in [2.24, 2.45) is 0 Å². The summed E-state index contributed by atoms with van der Waals surface area (Å²) >= 11 is 0. The molecule has 0 unspecified atom stereocenters. The van der Waals surface area contributed by atoms with E-state index in [4.69, 9.17) is 0 Å². The van der Waals surface area contributed by atoms with E-state index in [1.807, 2.05) is 0 Å². The fourth-order valence-corrected chi connectivity index (χ4v) is 3.64. The second kappa shape index (κ2) is 3.86. The SMILES string of the molecule is CC(C)c1ccc2c(c1)[C@H]1c3ccccc3N[C@H]1C2. The molecule has 0 bridgehead atoms. The van der Waals surface area contributed by atoms with E-state index in [-0.39, 0.29) is 0 Å². The highest BCUT2D eigenvalue weighted by atomic mass is 15.0. The topological polar surface area (TPSA) is 12.0 Å². The lowest BCUT2D eigenvalue weighted by molar-refractivity contribution is 0.726. The van der Waals surface area contributed by atoms with Crippen LogP contribution in [-0.4, -0.2) is 6.04 Å². The van der Waals surface area contributed by atoms with Gasteiger partial charge in [0.2, 0.25) is 0 Å². The molecule has 4 rings (SSSR count). The van der Waals surface area contributed by atoms with Crippen molar-refractivity contribution in [3.63, 3.8) is 0 Å². The van der Waals surface area contributed by atoms with E-state index in [1.165, 1.54) is 22.4 Å². The highest BCUT2D eigenvalue weighted by Gasteiger charge is 2.39. The van der Waals surface area contributed by atoms with Gasteiger partial charge < -0.3 is 5.32 Å². The van der Waals surface area contributed by atoms with Crippen molar-refractivity contribution in [3.8, 4) is 0 Å². The van der Waals surface area contributed by atoms with Crippen LogP contribution in [0.2, 0.25) is 0 Å². The van der Waals surface area contributed by atoms with Gasteiger partial charge in [0.25, 0.3) is 0 Å². The van der Waals surface area contributed by atoms with Crippen molar-refractivity contribution < 1.29 is 0 Å². The molecule has 0 aromatic heterocycles. The second-order valence-corrected chi connectivity index (χ2v) is 6.13. The van der Waals surface area contributed by atoms with E-state index in [0.717, 1.165) is 6.42 Å². The average molecular weight is 249 g/mol. The van der Waals surface area contributed by atoms with Gasteiger partial charge in [0.15, 0.2) is 0 Å². The van der Waals surface area contributed by atoms with E-state index >= 15 is 0 Å². The third-order valence-corrected chi connectivity index (χ3v) is 4.65. The van der Waals surface area contributed by atoms with Crippen molar-refractivity contribution >= 4 is 5.69 Å². The van der Waals surface area contributed by atoms with E-state index in [1.54, 1.807) is 5.56 Å². The molecule has 1 heteroatoms. The van der Waals surface area contributed by atoms with E-state index in [9.17, 15) is 0 Å². The van der Waals surface area contributed by atoms with Crippen molar-refractivity contribution in [1.82, 2.24) is 0 Å². The Hall–Kier alpha value is -1.76. The summed E-state index contributed by atoms with van der Waals surface area (Å²) in [6, 6.07) is 16.4. The zero-order chi connectivity index (χ0) is 13.0. The highest BCUT2D eigenvalue weighted by molar-refractivity contribution is 5.65. The van der Waals surface area contributed by atoms with Gasteiger partial charge in [-0.15, -0.1) is 0 Å². The Bertz CT molecular complexity index is 642. The molecule has 96 valence electrons. The van der Waals surface area contributed by atoms with Gasteiger partial charge in [0, 0.05) is 17.6 Å². The summed E-state index contributed by atoms with van der Waals surface area (Å²) < 4.78 is 0. The number of para-hydroxylation sites is 1. The Kier molecular flexibility index (Phi) is 2.26. The molecule has 0 spiro atoms. The van der Waals surface area contributed by atoms with Crippen LogP contribution in [-0.2, 0) is 6.42 Å². The zero-order valence-electron chi connectivity index (χ0n) is 11.5. The van der Waals surface area contributed by atoms with Gasteiger partial charge in [-0.2, -0.15) is 0 Å². The molecule has 0 amide bonds. The third-order valence-electron chi connectivity index (χ3n) is 4.65. The van der Waals surface area contributed by atoms with Crippen LogP contribution >= 0.6 is 0 Å². The smallest absolute Gasteiger partial charge is 0.0411 e. The largest absolute Gasteiger partial charge is 0.381 e. The first kappa shape index (κ1) is 11.1. The third kappa shape index (κ3) is 1.54. The number of hydrogen-bond donors (Lipinski definition) is 1. The Morgan fingerprint density at radius 3 is 2.74 bits per heavy atom. The fraction of sp³-hybridized carbons (Fsp3) is 0.333. The summed E-state index contributed by atoms with van der Waals surface area (Å²) in [6.45, 7) is 4.55. The van der Waals surface area contributed by atoms with Crippen molar-refractivity contribution in [2.75, 3.05) is 5.32 Å². The lowest BCUT2D eigenvalue weighted by Crippen LogP contribution is -2.17. The van der Waals surface area contributed by atoms with Gasteiger partial charge in [0.05, 0.1) is 0 Å². The molecular weight excluding hydrogens is 230 g/mol. The summed E-state index contributed by atoms with van der Waals surface area (Å²) in [7, 11) is 0. The number of fused-ring (bicyclic) bond motifs is 5. The van der Waals surface area contributed by atoms with Crippen LogP contribution < -0.4 is 5.32 Å². The van der Waals surface area contributed by atoms with Crippen LogP contribution in [0.1, 0.15) is 47.9 Å². The lowest BCUT2D eigenvalue weighted by Gasteiger charge is -2.13. The second-order valence-electron chi connectivity index (χ2n) is 6.13. The average Bonchev–Trinajstić information content (AvgIpc) is 2.92. The van der Waals surface area contributed by atoms with Gasteiger partial charge in [-0.1, -0.05) is 50.2 Å². The zero-order valence-corrected chi connectivity index (χ0v) is 11.5. The first-order valence-corrected chi connectivity index (χ1v) is 7.22. The van der Waals surface area contributed by atoms with Crippen LogP contribution in [0.5, 0.6) is 0 Å². The minimum absolute atomic E-state index is 0.560. The molecule has 1 aliphatic carbocycles. The summed E-state index contributed by atoms with van der Waals surface area (Å²) in [5, 5.41) is 3.69. The quantitative estimate of drug-likeness (QED) is 0.795. The number of nitrogens with one attached hydrogen (secondary N) is 1. The number of anilines is 1. The highest BCUT2D eigenvalue weighted by Crippen LogP contribution is 2.47. The molecule has 2 aliphatic rings. The molecule has 0 saturated carbocycles. The van der Waals surface area contributed by atoms with Gasteiger partial charge in [0.1, 0.15) is 0 Å². The molecular formula is C18H19N. The van der Waals surface area contributed by atoms with Crippen LogP contribution in [0, 0.1) is 0 Å². The minimum atomic E-state index is 0.560. The molecule has 2 aromatic carbocycles. The molecule has 0 radical (unpaired) electrons. The van der Waals surface area contributed by atoms with E-state index in [2.05, 4.69) is 61.6 Å². The summed E-state index contributed by atoms with van der Waals surface area (Å²) in [5.74, 6) is 1.17. The molecule has 1 N–H and O–H groups in total. The predicted molar refractivity (Wildman–Crippen MR) is 79.9 cm³/mol. The summed E-state index contributed by atoms with van der Waals surface area (Å²) in [4.78, 5) is 0. The van der Waals surface area contributed by atoms with Gasteiger partial charge in [-0.3, -0.25) is 0 Å². The molecule has 0 fully saturated rings. The molecule has 1 aliphatic heterocycles. The summed E-state index contributed by atoms with van der Waals surface area (Å²) in [6.07, 6.45) is 1.16. The van der Waals surface area contributed by atoms with Gasteiger partial charge >= 0.3 is 0 Å². The summed E-state index contributed by atoms with van der Waals surface area (Å²) in [5.41, 5.74) is 7.35. The first-order chi connectivity index (χ1) is 9.24. The maximum absolute atomic E-state index is 3.69. The Labute approximate surface area is 114 Å². The van der Waals surface area contributed by atoms with Crippen LogP contribution in [0.4, 0.5) is 5.69 Å². The van der Waals surface area contributed by atoms with E-state index < -0.39 is 0 Å². The van der Waals surface area contributed by atoms with Crippen molar-refractivity contribution in [1.29, 1.82) is 0 Å². The molecule has 2 aromatic rings. The monoisotopic (exact) mass is 249 g/mol. The standard InChI is InChI=1S/C18H19N/c1-11(2)12-7-8-13-10-17-18(15(13)9-12)14-5-3-4-6-16(14)19-17/h3-9,11,17-19H,10H2,1-2H3/t17-,18+/m0/s1. The molecule has 2 atom stereocenters. The number of hydrogen-bond acceptors (Lipinski definition) is 1. The molecule has 1 nitrogen and oxygen atoms in total. The Balaban J connectivity index is 1.86. The Morgan fingerprint density at radius 2 is 1.89 bits per heavy atom. The Morgan fingerprint density at radius 1 is 1.05 bits per heavy atom. The lowest BCUT2D eigenvalue weighted by atomic mass is 9.90. The minimum Gasteiger partial charge on any atom is -0.381 e. The molecule has 0 saturated heterocycles. The first-order valence-electron chi connectivity index (χ1n) is 7.22. The van der Waals surface area contributed by atoms with Crippen LogP contribution in [0.25, 0.3) is 0 Å². The fourth-order valence-electron chi connectivity index (χ4n) is 3.64. The predicted octanol–water partition coefficient (Wildman–Crippen LogP) is 4.29. The normalized spacial score (nSPS) is 22.9. The molecule has 19 heavy (non-hydrogen) atoms. The number of rotatable bonds is 1. The van der Waals surface area contributed by atoms with Crippen LogP contribution in [0.3, 0.4) is 0 Å². The van der Waals surface area contributed by atoms with Crippen molar-refractivity contribution in [2.45, 2.75) is 38.1 Å².